The molecule has 2 nitrogen and oxygen atoms in total. The number of hydrogen-bond donors (Lipinski definition) is 0. The van der Waals surface area contributed by atoms with Crippen molar-refractivity contribution in [1.29, 1.82) is 0 Å². The van der Waals surface area contributed by atoms with Gasteiger partial charge in [0.2, 0.25) is 0 Å². The molecule has 0 aromatic rings. The van der Waals surface area contributed by atoms with Crippen molar-refractivity contribution in [2.45, 2.75) is 19.3 Å². The van der Waals surface area contributed by atoms with E-state index in [4.69, 9.17) is 9.47 Å². The first kappa shape index (κ1) is 10.6. The van der Waals surface area contributed by atoms with Gasteiger partial charge in [-0.3, -0.25) is 0 Å². The zero-order valence-corrected chi connectivity index (χ0v) is 8.90. The normalized spacial score (nSPS) is 12.0. The fourth-order valence-electron chi connectivity index (χ4n) is 0.585. The fourth-order valence-corrected chi connectivity index (χ4v) is 1.20. The summed E-state index contributed by atoms with van der Waals surface area (Å²) in [5, 5.41) is 0.624. The summed E-state index contributed by atoms with van der Waals surface area (Å²) in [6.07, 6.45) is 0. The van der Waals surface area contributed by atoms with Crippen LogP contribution in [-0.2, 0) is 9.47 Å². The summed E-state index contributed by atoms with van der Waals surface area (Å²) in [5.74, 6) is 0. The van der Waals surface area contributed by atoms with Crippen LogP contribution in [0.25, 0.3) is 0 Å². The maximum atomic E-state index is 5.26. The molecule has 0 spiro atoms. The molecule has 0 amide bonds. The highest BCUT2D eigenvalue weighted by atomic mass is 79.9. The van der Waals surface area contributed by atoms with Crippen molar-refractivity contribution in [3.8, 4) is 0 Å². The molecule has 0 aromatic heterocycles. The molecule has 59 valence electrons. The van der Waals surface area contributed by atoms with Crippen LogP contribution in [0.15, 0.2) is 0 Å². The Morgan fingerprint density at radius 2 is 1.70 bits per heavy atom. The van der Waals surface area contributed by atoms with Crippen LogP contribution in [0, 0.1) is 0 Å². The van der Waals surface area contributed by atoms with Crippen LogP contribution in [0.1, 0.15) is 13.8 Å². The lowest BCUT2D eigenvalue weighted by atomic mass is 10.7. The first-order valence-corrected chi connectivity index (χ1v) is 4.89. The van der Waals surface area contributed by atoms with Gasteiger partial charge in [0.1, 0.15) is 10.2 Å². The Morgan fingerprint density at radius 3 is 1.90 bits per heavy atom. The summed E-state index contributed by atoms with van der Waals surface area (Å²) in [5.41, 5.74) is -0.635. The predicted octanol–water partition coefficient (Wildman–Crippen LogP) is 1.28. The molecule has 10 heavy (non-hydrogen) atoms. The summed E-state index contributed by atoms with van der Waals surface area (Å²) < 4.78 is 10.5. The maximum absolute atomic E-state index is 5.26. The first-order chi connectivity index (χ1) is 4.68. The summed E-state index contributed by atoms with van der Waals surface area (Å²) in [4.78, 5) is 0. The SMILES string of the molecule is CCOC([Si])(CBr)OCC. The third kappa shape index (κ3) is 3.70. The second kappa shape index (κ2) is 5.29. The van der Waals surface area contributed by atoms with Crippen LogP contribution in [0.3, 0.4) is 0 Å². The topological polar surface area (TPSA) is 18.5 Å². The van der Waals surface area contributed by atoms with Gasteiger partial charge in [0.25, 0.3) is 0 Å². The van der Waals surface area contributed by atoms with Gasteiger partial charge in [-0.1, -0.05) is 15.9 Å². The molecule has 0 heterocycles. The Morgan fingerprint density at radius 1 is 1.30 bits per heavy atom. The third-order valence-corrected chi connectivity index (χ3v) is 2.65. The molecule has 0 aromatic carbocycles. The predicted molar refractivity (Wildman–Crippen MR) is 45.5 cm³/mol. The van der Waals surface area contributed by atoms with Gasteiger partial charge in [-0.2, -0.15) is 0 Å². The van der Waals surface area contributed by atoms with Gasteiger partial charge in [-0.25, -0.2) is 0 Å². The largest absolute Gasteiger partial charge is 0.354 e. The molecule has 0 saturated heterocycles. The molecule has 3 radical (unpaired) electrons. The quantitative estimate of drug-likeness (QED) is 0.398. The summed E-state index contributed by atoms with van der Waals surface area (Å²) in [7, 11) is 3.36. The smallest absolute Gasteiger partial charge is 0.153 e. The van der Waals surface area contributed by atoms with Gasteiger partial charge in [0.15, 0.2) is 5.41 Å². The zero-order valence-electron chi connectivity index (χ0n) is 6.32. The van der Waals surface area contributed by atoms with Crippen molar-refractivity contribution in [1.82, 2.24) is 0 Å². The van der Waals surface area contributed by atoms with Crippen molar-refractivity contribution in [3.63, 3.8) is 0 Å². The van der Waals surface area contributed by atoms with Gasteiger partial charge in [0.05, 0.1) is 5.33 Å². The lowest BCUT2D eigenvalue weighted by Crippen LogP contribution is -2.38. The summed E-state index contributed by atoms with van der Waals surface area (Å²) in [6, 6.07) is 0. The number of alkyl halides is 1. The fraction of sp³-hybridized carbons (Fsp3) is 1.00. The van der Waals surface area contributed by atoms with E-state index in [-0.39, 0.29) is 0 Å². The number of rotatable bonds is 5. The standard InChI is InChI=1S/C6H12BrO2Si/c1-3-8-6(10,5-7)9-4-2/h3-5H2,1-2H3. The van der Waals surface area contributed by atoms with E-state index in [0.29, 0.717) is 18.5 Å². The summed E-state index contributed by atoms with van der Waals surface area (Å²) in [6.45, 7) is 5.12. The van der Waals surface area contributed by atoms with E-state index in [9.17, 15) is 0 Å². The highest BCUT2D eigenvalue weighted by Gasteiger charge is 2.22. The average Bonchev–Trinajstić information content (AvgIpc) is 1.89. The molecular formula is C6H12BrO2Si. The molecule has 0 N–H and O–H groups in total. The van der Waals surface area contributed by atoms with E-state index in [1.54, 1.807) is 0 Å². The van der Waals surface area contributed by atoms with E-state index in [0.717, 1.165) is 0 Å². The lowest BCUT2D eigenvalue weighted by molar-refractivity contribution is -0.155. The van der Waals surface area contributed by atoms with Crippen molar-refractivity contribution in [2.24, 2.45) is 0 Å². The Bertz CT molecular complexity index is 83.8. The highest BCUT2D eigenvalue weighted by Crippen LogP contribution is 2.11. The molecule has 0 aliphatic heterocycles. The number of ether oxygens (including phenoxy) is 2. The van der Waals surface area contributed by atoms with Crippen LogP contribution in [0.4, 0.5) is 0 Å². The van der Waals surface area contributed by atoms with E-state index < -0.39 is 5.41 Å². The summed E-state index contributed by atoms with van der Waals surface area (Å²) >= 11 is 3.28. The van der Waals surface area contributed by atoms with Crippen LogP contribution < -0.4 is 0 Å². The lowest BCUT2D eigenvalue weighted by Gasteiger charge is -2.26. The molecule has 0 aliphatic carbocycles. The van der Waals surface area contributed by atoms with E-state index in [1.165, 1.54) is 0 Å². The Labute approximate surface area is 73.8 Å². The highest BCUT2D eigenvalue weighted by molar-refractivity contribution is 9.09. The van der Waals surface area contributed by atoms with Gasteiger partial charge < -0.3 is 9.47 Å². The molecule has 0 unspecified atom stereocenters. The minimum absolute atomic E-state index is 0.624. The van der Waals surface area contributed by atoms with Crippen LogP contribution in [0.5, 0.6) is 0 Å². The van der Waals surface area contributed by atoms with Crippen molar-refractivity contribution in [2.75, 3.05) is 18.5 Å². The molecule has 0 atom stereocenters. The first-order valence-electron chi connectivity index (χ1n) is 3.27. The molecular weight excluding hydrogens is 212 g/mol. The zero-order chi connectivity index (χ0) is 8.04. The van der Waals surface area contributed by atoms with Crippen molar-refractivity contribution < 1.29 is 9.47 Å². The number of hydrogen-bond acceptors (Lipinski definition) is 2. The Hall–Kier alpha value is 0.617. The van der Waals surface area contributed by atoms with E-state index in [2.05, 4.69) is 26.2 Å². The Kier molecular flexibility index (Phi) is 5.62. The van der Waals surface area contributed by atoms with Gasteiger partial charge in [-0.05, 0) is 13.8 Å². The second-order valence-electron chi connectivity index (χ2n) is 1.75. The second-order valence-corrected chi connectivity index (χ2v) is 3.08. The minimum atomic E-state index is -0.635. The molecule has 0 rings (SSSR count). The van der Waals surface area contributed by atoms with Crippen LogP contribution in [-0.4, -0.2) is 34.2 Å². The van der Waals surface area contributed by atoms with Crippen molar-refractivity contribution in [3.05, 3.63) is 0 Å². The molecule has 0 fully saturated rings. The van der Waals surface area contributed by atoms with Gasteiger partial charge in [0, 0.05) is 13.2 Å². The van der Waals surface area contributed by atoms with E-state index in [1.807, 2.05) is 13.8 Å². The maximum Gasteiger partial charge on any atom is 0.153 e. The monoisotopic (exact) mass is 223 g/mol. The van der Waals surface area contributed by atoms with E-state index >= 15 is 0 Å². The third-order valence-electron chi connectivity index (χ3n) is 0.931. The molecule has 0 bridgehead atoms. The van der Waals surface area contributed by atoms with Gasteiger partial charge in [-0.15, -0.1) is 0 Å². The Balaban J connectivity index is 3.69. The molecule has 4 heteroatoms. The average molecular weight is 224 g/mol. The number of halogens is 1. The molecule has 0 saturated carbocycles. The molecule has 0 aliphatic rings. The van der Waals surface area contributed by atoms with Crippen molar-refractivity contribution >= 4 is 26.2 Å². The minimum Gasteiger partial charge on any atom is -0.354 e. The van der Waals surface area contributed by atoms with Gasteiger partial charge >= 0.3 is 0 Å². The van der Waals surface area contributed by atoms with Crippen LogP contribution in [0.2, 0.25) is 0 Å². The van der Waals surface area contributed by atoms with Crippen LogP contribution >= 0.6 is 15.9 Å².